The molecule has 0 bridgehead atoms. The molecule has 0 atom stereocenters. The van der Waals surface area contributed by atoms with E-state index in [9.17, 15) is 17.6 Å². The van der Waals surface area contributed by atoms with Crippen LogP contribution in [0, 0.1) is 5.82 Å². The van der Waals surface area contributed by atoms with Gasteiger partial charge in [-0.25, -0.2) is 4.39 Å². The average molecular weight is 299 g/mol. The highest BCUT2D eigenvalue weighted by Crippen LogP contribution is 2.22. The van der Waals surface area contributed by atoms with Crippen LogP contribution < -0.4 is 10.1 Å². The monoisotopic (exact) mass is 299 g/mol. The van der Waals surface area contributed by atoms with E-state index in [0.717, 1.165) is 0 Å². The summed E-state index contributed by atoms with van der Waals surface area (Å²) in [4.78, 5) is 0. The Hall–Kier alpha value is -2.24. The van der Waals surface area contributed by atoms with Gasteiger partial charge in [-0.2, -0.15) is 13.2 Å². The Balaban J connectivity index is 1.96. The summed E-state index contributed by atoms with van der Waals surface area (Å²) in [6.07, 6.45) is -4.38. The van der Waals surface area contributed by atoms with E-state index >= 15 is 0 Å². The van der Waals surface area contributed by atoms with Gasteiger partial charge in [-0.15, -0.1) is 0 Å². The van der Waals surface area contributed by atoms with Crippen molar-refractivity contribution in [3.05, 3.63) is 59.9 Å². The maximum atomic E-state index is 13.4. The van der Waals surface area contributed by atoms with Crippen molar-refractivity contribution in [3.8, 4) is 5.75 Å². The number of anilines is 1. The topological polar surface area (TPSA) is 21.3 Å². The molecule has 0 fully saturated rings. The third-order valence-corrected chi connectivity index (χ3v) is 2.68. The van der Waals surface area contributed by atoms with Gasteiger partial charge in [-0.05, 0) is 18.2 Å². The predicted molar refractivity (Wildman–Crippen MR) is 71.7 cm³/mol. The lowest BCUT2D eigenvalue weighted by molar-refractivity contribution is -0.153. The molecule has 112 valence electrons. The molecule has 1 N–H and O–H groups in total. The minimum Gasteiger partial charge on any atom is -0.484 e. The highest BCUT2D eigenvalue weighted by atomic mass is 19.4. The van der Waals surface area contributed by atoms with Gasteiger partial charge in [-0.1, -0.05) is 24.3 Å². The van der Waals surface area contributed by atoms with Gasteiger partial charge in [0.05, 0.1) is 0 Å². The smallest absolute Gasteiger partial charge is 0.422 e. The Kier molecular flexibility index (Phi) is 4.67. The zero-order valence-electron chi connectivity index (χ0n) is 11.0. The van der Waals surface area contributed by atoms with Crippen LogP contribution in [-0.4, -0.2) is 12.8 Å². The molecule has 0 aliphatic carbocycles. The molecule has 0 saturated heterocycles. The summed E-state index contributed by atoms with van der Waals surface area (Å²) >= 11 is 0. The average Bonchev–Trinajstić information content (AvgIpc) is 2.44. The minimum atomic E-state index is -4.38. The Morgan fingerprint density at radius 1 is 1.00 bits per heavy atom. The summed E-state index contributed by atoms with van der Waals surface area (Å²) in [5.74, 6) is -0.236. The van der Waals surface area contributed by atoms with E-state index in [2.05, 4.69) is 10.1 Å². The molecular weight excluding hydrogens is 286 g/mol. The van der Waals surface area contributed by atoms with E-state index in [0.29, 0.717) is 11.3 Å². The summed E-state index contributed by atoms with van der Waals surface area (Å²) in [6, 6.07) is 12.4. The van der Waals surface area contributed by atoms with Crippen LogP contribution >= 0.6 is 0 Å². The third-order valence-electron chi connectivity index (χ3n) is 2.68. The molecule has 0 radical (unpaired) electrons. The van der Waals surface area contributed by atoms with E-state index in [4.69, 9.17) is 0 Å². The SMILES string of the molecule is Fc1ccccc1CNc1cccc(OCC(F)(F)F)c1. The molecule has 0 spiro atoms. The van der Waals surface area contributed by atoms with Crippen molar-refractivity contribution in [1.29, 1.82) is 0 Å². The Morgan fingerprint density at radius 3 is 2.48 bits per heavy atom. The first-order valence-corrected chi connectivity index (χ1v) is 6.21. The van der Waals surface area contributed by atoms with Crippen LogP contribution in [-0.2, 0) is 6.54 Å². The maximum Gasteiger partial charge on any atom is 0.422 e. The second-order valence-electron chi connectivity index (χ2n) is 4.38. The van der Waals surface area contributed by atoms with Crippen molar-refractivity contribution in [3.63, 3.8) is 0 Å². The number of hydrogen-bond donors (Lipinski definition) is 1. The molecule has 0 amide bonds. The molecule has 2 rings (SSSR count). The largest absolute Gasteiger partial charge is 0.484 e. The third kappa shape index (κ3) is 4.98. The number of alkyl halides is 3. The fourth-order valence-electron chi connectivity index (χ4n) is 1.70. The van der Waals surface area contributed by atoms with E-state index < -0.39 is 12.8 Å². The van der Waals surface area contributed by atoms with Gasteiger partial charge in [0.1, 0.15) is 11.6 Å². The van der Waals surface area contributed by atoms with Gasteiger partial charge in [0.2, 0.25) is 0 Å². The van der Waals surface area contributed by atoms with E-state index in [1.807, 2.05) is 0 Å². The molecule has 2 aromatic carbocycles. The van der Waals surface area contributed by atoms with E-state index in [1.165, 1.54) is 18.2 Å². The normalized spacial score (nSPS) is 11.2. The number of halogens is 4. The first kappa shape index (κ1) is 15.2. The summed E-state index contributed by atoms with van der Waals surface area (Å²) in [5, 5.41) is 2.94. The standard InChI is InChI=1S/C15H13F4NO/c16-14-7-2-1-4-11(14)9-20-12-5-3-6-13(8-12)21-10-15(17,18)19/h1-8,20H,9-10H2. The fraction of sp³-hybridized carbons (Fsp3) is 0.200. The Labute approximate surface area is 119 Å². The quantitative estimate of drug-likeness (QED) is 0.827. The number of rotatable bonds is 5. The van der Waals surface area contributed by atoms with Crippen LogP contribution in [0.25, 0.3) is 0 Å². The van der Waals surface area contributed by atoms with Gasteiger partial charge in [0.25, 0.3) is 0 Å². The molecule has 0 saturated carbocycles. The first-order chi connectivity index (χ1) is 9.94. The zero-order valence-corrected chi connectivity index (χ0v) is 11.0. The van der Waals surface area contributed by atoms with Crippen LogP contribution in [0.4, 0.5) is 23.2 Å². The summed E-state index contributed by atoms with van der Waals surface area (Å²) in [6.45, 7) is -1.11. The van der Waals surface area contributed by atoms with Gasteiger partial charge in [0, 0.05) is 23.9 Å². The molecule has 21 heavy (non-hydrogen) atoms. The highest BCUT2D eigenvalue weighted by Gasteiger charge is 2.28. The lowest BCUT2D eigenvalue weighted by atomic mass is 10.2. The number of nitrogens with one attached hydrogen (secondary N) is 1. The summed E-state index contributed by atoms with van der Waals surface area (Å²) < 4.78 is 54.3. The highest BCUT2D eigenvalue weighted by molar-refractivity contribution is 5.48. The van der Waals surface area contributed by atoms with Crippen molar-refractivity contribution in [2.75, 3.05) is 11.9 Å². The van der Waals surface area contributed by atoms with Crippen molar-refractivity contribution < 1.29 is 22.3 Å². The predicted octanol–water partition coefficient (Wildman–Crippen LogP) is 4.38. The Morgan fingerprint density at radius 2 is 1.76 bits per heavy atom. The molecule has 2 nitrogen and oxygen atoms in total. The van der Waals surface area contributed by atoms with Crippen molar-refractivity contribution in [2.45, 2.75) is 12.7 Å². The maximum absolute atomic E-state index is 13.4. The minimum absolute atomic E-state index is 0.103. The molecule has 0 aromatic heterocycles. The van der Waals surface area contributed by atoms with E-state index in [1.54, 1.807) is 30.3 Å². The second kappa shape index (κ2) is 6.47. The van der Waals surface area contributed by atoms with Crippen molar-refractivity contribution in [1.82, 2.24) is 0 Å². The molecule has 0 aliphatic rings. The zero-order chi connectivity index (χ0) is 15.3. The van der Waals surface area contributed by atoms with Crippen LogP contribution in [0.2, 0.25) is 0 Å². The van der Waals surface area contributed by atoms with Crippen LogP contribution in [0.5, 0.6) is 5.75 Å². The van der Waals surface area contributed by atoms with Crippen LogP contribution in [0.1, 0.15) is 5.56 Å². The van der Waals surface area contributed by atoms with Crippen molar-refractivity contribution >= 4 is 5.69 Å². The fourth-order valence-corrected chi connectivity index (χ4v) is 1.70. The molecule has 6 heteroatoms. The van der Waals surface area contributed by atoms with Gasteiger partial charge < -0.3 is 10.1 Å². The number of benzene rings is 2. The van der Waals surface area contributed by atoms with E-state index in [-0.39, 0.29) is 18.1 Å². The summed E-state index contributed by atoms with van der Waals surface area (Å²) in [5.41, 5.74) is 1.03. The molecular formula is C15H13F4NO. The van der Waals surface area contributed by atoms with Crippen molar-refractivity contribution in [2.24, 2.45) is 0 Å². The van der Waals surface area contributed by atoms with Gasteiger partial charge in [-0.3, -0.25) is 0 Å². The molecule has 0 aliphatic heterocycles. The van der Waals surface area contributed by atoms with Crippen LogP contribution in [0.3, 0.4) is 0 Å². The molecule has 2 aromatic rings. The lowest BCUT2D eigenvalue weighted by Gasteiger charge is -2.11. The first-order valence-electron chi connectivity index (χ1n) is 6.21. The number of ether oxygens (including phenoxy) is 1. The van der Waals surface area contributed by atoms with Gasteiger partial charge in [0.15, 0.2) is 6.61 Å². The van der Waals surface area contributed by atoms with Gasteiger partial charge >= 0.3 is 6.18 Å². The molecule has 0 unspecified atom stereocenters. The van der Waals surface area contributed by atoms with Crippen LogP contribution in [0.15, 0.2) is 48.5 Å². The second-order valence-corrected chi connectivity index (χ2v) is 4.38. The number of hydrogen-bond acceptors (Lipinski definition) is 2. The lowest BCUT2D eigenvalue weighted by Crippen LogP contribution is -2.19. The summed E-state index contributed by atoms with van der Waals surface area (Å²) in [7, 11) is 0. The Bertz CT molecular complexity index is 598. The molecule has 0 heterocycles.